The van der Waals surface area contributed by atoms with Crippen molar-refractivity contribution in [3.05, 3.63) is 176 Å². The Morgan fingerprint density at radius 2 is 0.930 bits per heavy atom. The number of benzene rings is 8. The Morgan fingerprint density at radius 1 is 0.351 bits per heavy atom. The Labute approximate surface area is 330 Å². The average Bonchev–Trinajstić information content (AvgIpc) is 3.91. The first kappa shape index (κ1) is 30.9. The summed E-state index contributed by atoms with van der Waals surface area (Å²) in [6.07, 6.45) is 0. The maximum atomic E-state index is 5.18. The Kier molecular flexibility index (Phi) is 6.26. The molecule has 0 fully saturated rings. The summed E-state index contributed by atoms with van der Waals surface area (Å²) in [5, 5.41) is 7.86. The summed E-state index contributed by atoms with van der Waals surface area (Å²) < 4.78 is 7.58. The van der Waals surface area contributed by atoms with Crippen LogP contribution in [-0.4, -0.2) is 23.9 Å². The summed E-state index contributed by atoms with van der Waals surface area (Å²) in [5.41, 5.74) is 12.2. The van der Waals surface area contributed by atoms with Crippen LogP contribution < -0.4 is 0 Å². The van der Waals surface area contributed by atoms with E-state index in [1.165, 1.54) is 69.3 Å². The number of thiophene rings is 1. The minimum Gasteiger partial charge on any atom is -0.309 e. The van der Waals surface area contributed by atoms with Crippen molar-refractivity contribution in [2.45, 2.75) is 0 Å². The molecule has 57 heavy (non-hydrogen) atoms. The normalized spacial score (nSPS) is 12.2. The number of aromatic nitrogens is 5. The molecule has 0 saturated carbocycles. The number of para-hydroxylation sites is 1. The molecule has 5 nitrogen and oxygen atoms in total. The lowest BCUT2D eigenvalue weighted by molar-refractivity contribution is 1.07. The summed E-state index contributed by atoms with van der Waals surface area (Å²) in [7, 11) is 0. The number of fused-ring (bicyclic) bond motifs is 4. The average molecular weight is 744 g/mol. The highest BCUT2D eigenvalue weighted by molar-refractivity contribution is 7.26. The van der Waals surface area contributed by atoms with Gasteiger partial charge in [-0.2, -0.15) is 0 Å². The summed E-state index contributed by atoms with van der Waals surface area (Å²) in [5.74, 6) is 1.91. The third kappa shape index (κ3) is 4.36. The van der Waals surface area contributed by atoms with Crippen molar-refractivity contribution in [2.75, 3.05) is 0 Å². The molecule has 0 unspecified atom stereocenters. The molecule has 264 valence electrons. The van der Waals surface area contributed by atoms with Crippen molar-refractivity contribution in [3.63, 3.8) is 0 Å². The van der Waals surface area contributed by atoms with Crippen molar-refractivity contribution < 1.29 is 0 Å². The van der Waals surface area contributed by atoms with Crippen LogP contribution in [0, 0.1) is 0 Å². The number of nitrogens with zero attached hydrogens (tertiary/aromatic N) is 5. The SMILES string of the molecule is c1ccc(-c2cccc(-c3nc(-c4ccccc4)nc(-c4cccc(-n5c6ccc7sc8ccc9c%10ccccc%10n%10c%11cccc5c%11c6c7c8c9%10)c4)n3)c2)cc1. The molecule has 0 spiro atoms. The largest absolute Gasteiger partial charge is 0.309 e. The highest BCUT2D eigenvalue weighted by Crippen LogP contribution is 2.50. The quantitative estimate of drug-likeness (QED) is 0.176. The highest BCUT2D eigenvalue weighted by Gasteiger charge is 2.25. The lowest BCUT2D eigenvalue weighted by Gasteiger charge is -2.12. The van der Waals surface area contributed by atoms with Crippen molar-refractivity contribution in [2.24, 2.45) is 0 Å². The van der Waals surface area contributed by atoms with Crippen LogP contribution >= 0.6 is 11.3 Å². The predicted molar refractivity (Wildman–Crippen MR) is 237 cm³/mol. The van der Waals surface area contributed by atoms with E-state index in [0.717, 1.165) is 33.5 Å². The topological polar surface area (TPSA) is 48.0 Å². The van der Waals surface area contributed by atoms with E-state index in [1.807, 2.05) is 35.6 Å². The van der Waals surface area contributed by atoms with Crippen LogP contribution in [0.3, 0.4) is 0 Å². The van der Waals surface area contributed by atoms with Gasteiger partial charge in [-0.15, -0.1) is 11.3 Å². The molecule has 0 aliphatic heterocycles. The van der Waals surface area contributed by atoms with Gasteiger partial charge in [0.15, 0.2) is 17.5 Å². The van der Waals surface area contributed by atoms with E-state index in [2.05, 4.69) is 161 Å². The van der Waals surface area contributed by atoms with Crippen LogP contribution in [0.2, 0.25) is 0 Å². The van der Waals surface area contributed by atoms with Gasteiger partial charge in [0.1, 0.15) is 0 Å². The Hall–Kier alpha value is -7.41. The smallest absolute Gasteiger partial charge is 0.164 e. The van der Waals surface area contributed by atoms with E-state index in [4.69, 9.17) is 15.0 Å². The molecule has 5 heterocycles. The van der Waals surface area contributed by atoms with Gasteiger partial charge >= 0.3 is 0 Å². The zero-order valence-corrected chi connectivity index (χ0v) is 31.2. The summed E-state index contributed by atoms with van der Waals surface area (Å²) >= 11 is 1.89. The van der Waals surface area contributed by atoms with E-state index in [0.29, 0.717) is 17.5 Å². The second-order valence-electron chi connectivity index (χ2n) is 14.8. The third-order valence-corrected chi connectivity index (χ3v) is 12.8. The van der Waals surface area contributed by atoms with Gasteiger partial charge in [-0.1, -0.05) is 121 Å². The van der Waals surface area contributed by atoms with Gasteiger partial charge in [-0.25, -0.2) is 15.0 Å². The van der Waals surface area contributed by atoms with Gasteiger partial charge in [0.25, 0.3) is 0 Å². The van der Waals surface area contributed by atoms with Crippen LogP contribution in [-0.2, 0) is 0 Å². The predicted octanol–water partition coefficient (Wildman–Crippen LogP) is 13.4. The van der Waals surface area contributed by atoms with Gasteiger partial charge in [0.05, 0.1) is 27.6 Å². The molecule has 0 atom stereocenters. The van der Waals surface area contributed by atoms with E-state index in [-0.39, 0.29) is 0 Å². The molecule has 0 saturated heterocycles. The molecule has 0 amide bonds. The third-order valence-electron chi connectivity index (χ3n) is 11.7. The Bertz CT molecular complexity index is 3690. The fraction of sp³-hybridized carbons (Fsp3) is 0. The van der Waals surface area contributed by atoms with Gasteiger partial charge in [0.2, 0.25) is 0 Å². The molecule has 0 N–H and O–H groups in total. The van der Waals surface area contributed by atoms with Crippen molar-refractivity contribution in [3.8, 4) is 51.0 Å². The summed E-state index contributed by atoms with van der Waals surface area (Å²) in [6, 6.07) is 62.6. The zero-order chi connectivity index (χ0) is 37.2. The minimum atomic E-state index is 0.630. The summed E-state index contributed by atoms with van der Waals surface area (Å²) in [6.45, 7) is 0. The first-order valence-electron chi connectivity index (χ1n) is 19.2. The molecular formula is C51H29N5S. The van der Waals surface area contributed by atoms with E-state index in [1.54, 1.807) is 0 Å². The minimum absolute atomic E-state index is 0.630. The van der Waals surface area contributed by atoms with E-state index < -0.39 is 0 Å². The van der Waals surface area contributed by atoms with Crippen LogP contribution in [0.1, 0.15) is 0 Å². The fourth-order valence-corrected chi connectivity index (χ4v) is 10.4. The summed E-state index contributed by atoms with van der Waals surface area (Å²) in [4.78, 5) is 15.4. The fourth-order valence-electron chi connectivity index (χ4n) is 9.25. The van der Waals surface area contributed by atoms with E-state index in [9.17, 15) is 0 Å². The number of hydrogen-bond donors (Lipinski definition) is 0. The molecule has 8 aromatic carbocycles. The maximum absolute atomic E-state index is 5.18. The van der Waals surface area contributed by atoms with Gasteiger partial charge in [-0.3, -0.25) is 0 Å². The van der Waals surface area contributed by atoms with E-state index >= 15 is 0 Å². The number of hydrogen-bond acceptors (Lipinski definition) is 4. The molecule has 0 radical (unpaired) electrons. The van der Waals surface area contributed by atoms with Gasteiger partial charge < -0.3 is 8.97 Å². The molecule has 0 bridgehead atoms. The van der Waals surface area contributed by atoms with Crippen molar-refractivity contribution in [1.29, 1.82) is 0 Å². The standard InChI is InChI=1S/C51H29N5S/c1-3-12-30(13-4-1)32-16-9-17-33(28-32)50-52-49(31-14-5-2-6-15-31)53-51(54-50)34-18-10-19-35(29-34)55-39-22-11-23-40-44(39)45-41(55)25-27-42-46(45)47-43(57-42)26-24-37-36-20-7-8-21-38(36)56(40)48(37)47/h1-29H. The van der Waals surface area contributed by atoms with Crippen LogP contribution in [0.15, 0.2) is 176 Å². The Morgan fingerprint density at radius 3 is 1.75 bits per heavy atom. The lowest BCUT2D eigenvalue weighted by atomic mass is 10.0. The van der Waals surface area contributed by atoms with Crippen LogP contribution in [0.4, 0.5) is 0 Å². The zero-order valence-electron chi connectivity index (χ0n) is 30.4. The van der Waals surface area contributed by atoms with Gasteiger partial charge in [-0.05, 0) is 65.7 Å². The monoisotopic (exact) mass is 743 g/mol. The van der Waals surface area contributed by atoms with Gasteiger partial charge in [0, 0.05) is 64.1 Å². The first-order valence-corrected chi connectivity index (χ1v) is 20.0. The number of rotatable bonds is 5. The lowest BCUT2D eigenvalue weighted by Crippen LogP contribution is -2.01. The van der Waals surface area contributed by atoms with Crippen LogP contribution in [0.25, 0.3) is 120 Å². The second kappa shape index (κ2) is 11.6. The molecule has 0 aliphatic rings. The van der Waals surface area contributed by atoms with Crippen molar-refractivity contribution >= 4 is 80.6 Å². The molecular weight excluding hydrogens is 715 g/mol. The molecule has 13 rings (SSSR count). The highest BCUT2D eigenvalue weighted by atomic mass is 32.1. The van der Waals surface area contributed by atoms with Crippen molar-refractivity contribution in [1.82, 2.24) is 23.9 Å². The molecule has 5 aromatic heterocycles. The van der Waals surface area contributed by atoms with Crippen LogP contribution in [0.5, 0.6) is 0 Å². The first-order chi connectivity index (χ1) is 28.3. The Balaban J connectivity index is 1.06. The second-order valence-corrected chi connectivity index (χ2v) is 15.9. The molecule has 13 aromatic rings. The molecule has 6 heteroatoms. The molecule has 0 aliphatic carbocycles. The maximum Gasteiger partial charge on any atom is 0.164 e.